The largest absolute Gasteiger partial charge is 0.306 e. The topological polar surface area (TPSA) is 24.9 Å². The van der Waals surface area contributed by atoms with E-state index < -0.39 is 0 Å². The minimum atomic E-state index is 0.0891. The number of hydrogen-bond acceptors (Lipinski definition) is 2. The molecule has 2 nitrogen and oxygen atoms in total. The Morgan fingerprint density at radius 1 is 1.21 bits per heavy atom. The van der Waals surface area contributed by atoms with Crippen LogP contribution < -0.4 is 5.32 Å². The van der Waals surface area contributed by atoms with Crippen molar-refractivity contribution in [1.29, 1.82) is 0 Å². The van der Waals surface area contributed by atoms with Crippen LogP contribution in [0.25, 0.3) is 0 Å². The molecule has 2 aromatic rings. The first kappa shape index (κ1) is 14.0. The van der Waals surface area contributed by atoms with Crippen LogP contribution in [0.2, 0.25) is 5.02 Å². The molecule has 0 bridgehead atoms. The number of hydrogen-bond donors (Lipinski definition) is 1. The lowest BCUT2D eigenvalue weighted by Crippen LogP contribution is -2.22. The van der Waals surface area contributed by atoms with Gasteiger partial charge >= 0.3 is 0 Å². The van der Waals surface area contributed by atoms with Crippen molar-refractivity contribution in [3.05, 3.63) is 63.9 Å². The lowest BCUT2D eigenvalue weighted by atomic mass is 9.98. The standard InChI is InChI=1S/C16H19ClN2/c1-4-18-16(13-7-6-12(3)19-10-13)14-8-5-11(2)9-15(14)17/h5-10,16,18H,4H2,1-3H3. The molecule has 0 saturated carbocycles. The molecule has 2 rings (SSSR count). The number of aryl methyl sites for hydroxylation is 2. The van der Waals surface area contributed by atoms with Gasteiger partial charge in [-0.25, -0.2) is 0 Å². The molecule has 3 heteroatoms. The third kappa shape index (κ3) is 3.34. The smallest absolute Gasteiger partial charge is 0.0606 e. The minimum absolute atomic E-state index is 0.0891. The third-order valence-corrected chi connectivity index (χ3v) is 3.47. The number of nitrogens with one attached hydrogen (secondary N) is 1. The van der Waals surface area contributed by atoms with Gasteiger partial charge in [-0.15, -0.1) is 0 Å². The van der Waals surface area contributed by atoms with Crippen LogP contribution in [0.4, 0.5) is 0 Å². The summed E-state index contributed by atoms with van der Waals surface area (Å²) in [6.45, 7) is 7.01. The second-order valence-corrected chi connectivity index (χ2v) is 5.16. The molecule has 0 radical (unpaired) electrons. The summed E-state index contributed by atoms with van der Waals surface area (Å²) >= 11 is 6.38. The van der Waals surface area contributed by atoms with E-state index in [1.807, 2.05) is 32.2 Å². The minimum Gasteiger partial charge on any atom is -0.306 e. The molecule has 1 N–H and O–H groups in total. The van der Waals surface area contributed by atoms with Gasteiger partial charge in [0.05, 0.1) is 6.04 Å². The molecule has 0 amide bonds. The lowest BCUT2D eigenvalue weighted by molar-refractivity contribution is 0.628. The highest BCUT2D eigenvalue weighted by molar-refractivity contribution is 6.31. The fourth-order valence-corrected chi connectivity index (χ4v) is 2.47. The van der Waals surface area contributed by atoms with Crippen LogP contribution in [0.5, 0.6) is 0 Å². The predicted molar refractivity (Wildman–Crippen MR) is 80.7 cm³/mol. The van der Waals surface area contributed by atoms with Crippen LogP contribution in [0.3, 0.4) is 0 Å². The van der Waals surface area contributed by atoms with Gasteiger partial charge in [-0.1, -0.05) is 36.7 Å². The summed E-state index contributed by atoms with van der Waals surface area (Å²) in [5.41, 5.74) is 4.43. The van der Waals surface area contributed by atoms with Crippen molar-refractivity contribution in [3.8, 4) is 0 Å². The Balaban J connectivity index is 2.41. The van der Waals surface area contributed by atoms with E-state index in [4.69, 9.17) is 11.6 Å². The Bertz CT molecular complexity index is 549. The van der Waals surface area contributed by atoms with E-state index in [2.05, 4.69) is 35.4 Å². The van der Waals surface area contributed by atoms with Crippen molar-refractivity contribution in [3.63, 3.8) is 0 Å². The Labute approximate surface area is 119 Å². The Hall–Kier alpha value is -1.38. The molecule has 0 saturated heterocycles. The fourth-order valence-electron chi connectivity index (χ4n) is 2.13. The zero-order valence-corrected chi connectivity index (χ0v) is 12.3. The molecule has 0 aliphatic carbocycles. The van der Waals surface area contributed by atoms with Crippen molar-refractivity contribution < 1.29 is 0 Å². The van der Waals surface area contributed by atoms with E-state index in [-0.39, 0.29) is 6.04 Å². The van der Waals surface area contributed by atoms with E-state index in [1.54, 1.807) is 0 Å². The van der Waals surface area contributed by atoms with E-state index >= 15 is 0 Å². The SMILES string of the molecule is CCNC(c1ccc(C)nc1)c1ccc(C)cc1Cl. The number of benzene rings is 1. The highest BCUT2D eigenvalue weighted by atomic mass is 35.5. The quantitative estimate of drug-likeness (QED) is 0.910. The number of halogens is 1. The molecule has 1 atom stereocenters. The summed E-state index contributed by atoms with van der Waals surface area (Å²) in [6.07, 6.45) is 1.92. The number of rotatable bonds is 4. The Morgan fingerprint density at radius 3 is 2.58 bits per heavy atom. The molecule has 0 aliphatic heterocycles. The molecule has 0 fully saturated rings. The van der Waals surface area contributed by atoms with Crippen molar-refractivity contribution in [1.82, 2.24) is 10.3 Å². The third-order valence-electron chi connectivity index (χ3n) is 3.14. The van der Waals surface area contributed by atoms with Crippen LogP contribution in [-0.4, -0.2) is 11.5 Å². The molecule has 1 aromatic carbocycles. The molecule has 0 aliphatic rings. The molecule has 1 unspecified atom stereocenters. The van der Waals surface area contributed by atoms with Crippen LogP contribution in [0, 0.1) is 13.8 Å². The zero-order valence-electron chi connectivity index (χ0n) is 11.6. The number of aromatic nitrogens is 1. The maximum absolute atomic E-state index is 6.38. The fraction of sp³-hybridized carbons (Fsp3) is 0.312. The average Bonchev–Trinajstić information content (AvgIpc) is 2.38. The van der Waals surface area contributed by atoms with Gasteiger partial charge in [-0.3, -0.25) is 4.98 Å². The van der Waals surface area contributed by atoms with Crippen LogP contribution in [0.1, 0.15) is 35.3 Å². The predicted octanol–water partition coefficient (Wildman–Crippen LogP) is 4.05. The van der Waals surface area contributed by atoms with Gasteiger partial charge in [0.15, 0.2) is 0 Å². The van der Waals surface area contributed by atoms with Gasteiger partial charge in [0.1, 0.15) is 0 Å². The lowest BCUT2D eigenvalue weighted by Gasteiger charge is -2.20. The second kappa shape index (κ2) is 6.18. The first-order valence-corrected chi connectivity index (χ1v) is 6.91. The van der Waals surface area contributed by atoms with Crippen LogP contribution in [0.15, 0.2) is 36.5 Å². The number of nitrogens with zero attached hydrogens (tertiary/aromatic N) is 1. The summed E-state index contributed by atoms with van der Waals surface area (Å²) in [5, 5.41) is 4.27. The molecule has 1 aromatic heterocycles. The van der Waals surface area contributed by atoms with Crippen molar-refractivity contribution >= 4 is 11.6 Å². The van der Waals surface area contributed by atoms with E-state index in [9.17, 15) is 0 Å². The van der Waals surface area contributed by atoms with Crippen LogP contribution in [-0.2, 0) is 0 Å². The van der Waals surface area contributed by atoms with E-state index in [0.29, 0.717) is 0 Å². The van der Waals surface area contributed by atoms with E-state index in [0.717, 1.165) is 28.4 Å². The summed E-state index contributed by atoms with van der Waals surface area (Å²) in [7, 11) is 0. The molecule has 19 heavy (non-hydrogen) atoms. The molecule has 0 spiro atoms. The van der Waals surface area contributed by atoms with Gasteiger partial charge < -0.3 is 5.32 Å². The van der Waals surface area contributed by atoms with Crippen molar-refractivity contribution in [2.24, 2.45) is 0 Å². The maximum atomic E-state index is 6.38. The van der Waals surface area contributed by atoms with Gasteiger partial charge in [-0.05, 0) is 49.2 Å². The zero-order chi connectivity index (χ0) is 13.8. The Morgan fingerprint density at radius 2 is 2.00 bits per heavy atom. The molecular formula is C16H19ClN2. The van der Waals surface area contributed by atoms with Gasteiger partial charge in [0.2, 0.25) is 0 Å². The summed E-state index contributed by atoms with van der Waals surface area (Å²) < 4.78 is 0. The first-order valence-electron chi connectivity index (χ1n) is 6.53. The average molecular weight is 275 g/mol. The summed E-state index contributed by atoms with van der Waals surface area (Å²) in [4.78, 5) is 4.37. The van der Waals surface area contributed by atoms with Crippen LogP contribution >= 0.6 is 11.6 Å². The van der Waals surface area contributed by atoms with E-state index in [1.165, 1.54) is 5.56 Å². The first-order chi connectivity index (χ1) is 9.11. The second-order valence-electron chi connectivity index (χ2n) is 4.75. The van der Waals surface area contributed by atoms with Crippen molar-refractivity contribution in [2.75, 3.05) is 6.54 Å². The van der Waals surface area contributed by atoms with Gasteiger partial charge in [0.25, 0.3) is 0 Å². The monoisotopic (exact) mass is 274 g/mol. The normalized spacial score (nSPS) is 12.4. The maximum Gasteiger partial charge on any atom is 0.0606 e. The molecule has 1 heterocycles. The highest BCUT2D eigenvalue weighted by Crippen LogP contribution is 2.28. The van der Waals surface area contributed by atoms with Crippen molar-refractivity contribution in [2.45, 2.75) is 26.8 Å². The summed E-state index contributed by atoms with van der Waals surface area (Å²) in [6, 6.07) is 10.4. The van der Waals surface area contributed by atoms with Gasteiger partial charge in [0, 0.05) is 16.9 Å². The number of pyridine rings is 1. The molecule has 100 valence electrons. The Kier molecular flexibility index (Phi) is 4.56. The highest BCUT2D eigenvalue weighted by Gasteiger charge is 2.16. The van der Waals surface area contributed by atoms with Gasteiger partial charge in [-0.2, -0.15) is 0 Å². The molecular weight excluding hydrogens is 256 g/mol. The summed E-state index contributed by atoms with van der Waals surface area (Å²) in [5.74, 6) is 0.